The molecule has 4 aromatic rings. The van der Waals surface area contributed by atoms with E-state index >= 15 is 0 Å². The molecule has 0 N–H and O–H groups in total. The van der Waals surface area contributed by atoms with Gasteiger partial charge in [-0.25, -0.2) is 0 Å². The summed E-state index contributed by atoms with van der Waals surface area (Å²) in [7, 11) is 1.69. The van der Waals surface area contributed by atoms with Crippen molar-refractivity contribution in [1.29, 1.82) is 0 Å². The van der Waals surface area contributed by atoms with Crippen molar-refractivity contribution in [2.24, 2.45) is 0 Å². The zero-order valence-electron chi connectivity index (χ0n) is 18.0. The van der Waals surface area contributed by atoms with E-state index in [0.717, 1.165) is 50.6 Å². The molecule has 0 atom stereocenters. The number of ether oxygens (including phenoxy) is 1. The molecule has 2 heterocycles. The van der Waals surface area contributed by atoms with E-state index in [0.29, 0.717) is 12.4 Å². The maximum atomic E-state index is 13.0. The Hall–Kier alpha value is -2.96. The molecule has 0 saturated carbocycles. The molecule has 2 aromatic heterocycles. The quantitative estimate of drug-likeness (QED) is 0.279. The third-order valence-corrected chi connectivity index (χ3v) is 6.42. The zero-order valence-corrected chi connectivity index (χ0v) is 18.8. The number of carbonyl (C=O) groups excluding carboxylic acids is 1. The molecule has 158 valence electrons. The lowest BCUT2D eigenvalue weighted by Crippen LogP contribution is -2.09. The van der Waals surface area contributed by atoms with Gasteiger partial charge in [0.25, 0.3) is 0 Å². The van der Waals surface area contributed by atoms with Gasteiger partial charge in [-0.15, -0.1) is 10.2 Å². The van der Waals surface area contributed by atoms with Crippen LogP contribution in [0, 0.1) is 13.8 Å². The molecule has 6 heteroatoms. The second kappa shape index (κ2) is 9.45. The first-order valence-corrected chi connectivity index (χ1v) is 11.2. The molecule has 5 nitrogen and oxygen atoms in total. The third kappa shape index (κ3) is 4.40. The van der Waals surface area contributed by atoms with Crippen molar-refractivity contribution in [2.75, 3.05) is 19.5 Å². The third-order valence-electron chi connectivity index (χ3n) is 5.43. The molecule has 2 aromatic carbocycles. The number of aromatic nitrogens is 3. The van der Waals surface area contributed by atoms with Gasteiger partial charge in [-0.1, -0.05) is 66.4 Å². The molecular weight excluding hydrogens is 406 g/mol. The number of ketones is 1. The van der Waals surface area contributed by atoms with Crippen molar-refractivity contribution in [1.82, 2.24) is 14.8 Å². The maximum Gasteiger partial charge on any atom is 0.174 e. The average Bonchev–Trinajstić information content (AvgIpc) is 3.09. The number of methoxy groups -OCH3 is 1. The normalized spacial score (nSPS) is 11.2. The predicted molar refractivity (Wildman–Crippen MR) is 126 cm³/mol. The van der Waals surface area contributed by atoms with Crippen molar-refractivity contribution in [3.8, 4) is 11.3 Å². The summed E-state index contributed by atoms with van der Waals surface area (Å²) in [6.45, 7) is 5.37. The van der Waals surface area contributed by atoms with Crippen LogP contribution in [-0.2, 0) is 11.3 Å². The fourth-order valence-corrected chi connectivity index (χ4v) is 4.67. The lowest BCUT2D eigenvalue weighted by atomic mass is 10.1. The van der Waals surface area contributed by atoms with E-state index in [1.807, 2.05) is 68.4 Å². The maximum absolute atomic E-state index is 13.0. The van der Waals surface area contributed by atoms with Crippen LogP contribution in [0.4, 0.5) is 0 Å². The minimum Gasteiger partial charge on any atom is -0.383 e. The van der Waals surface area contributed by atoms with Gasteiger partial charge < -0.3 is 9.30 Å². The number of hydrogen-bond donors (Lipinski definition) is 0. The Morgan fingerprint density at radius 3 is 2.45 bits per heavy atom. The molecule has 0 fully saturated rings. The summed E-state index contributed by atoms with van der Waals surface area (Å²) in [5.74, 6) is 0.414. The number of fused-ring (bicyclic) bond motifs is 1. The van der Waals surface area contributed by atoms with Gasteiger partial charge in [-0.05, 0) is 19.9 Å². The number of hydrogen-bond acceptors (Lipinski definition) is 5. The molecule has 0 spiro atoms. The molecule has 4 rings (SSSR count). The highest BCUT2D eigenvalue weighted by Crippen LogP contribution is 2.32. The van der Waals surface area contributed by atoms with Crippen LogP contribution in [-0.4, -0.2) is 40.0 Å². The SMILES string of the molecule is COCCn1c(C)cc(C(=O)CSc2nnc(-c3ccccc3)c3ccccc23)c1C. The number of carbonyl (C=O) groups is 1. The van der Waals surface area contributed by atoms with Crippen molar-refractivity contribution in [2.45, 2.75) is 25.4 Å². The monoisotopic (exact) mass is 431 g/mol. The Kier molecular flexibility index (Phi) is 6.49. The Bertz CT molecular complexity index is 1220. The van der Waals surface area contributed by atoms with Crippen LogP contribution >= 0.6 is 11.8 Å². The number of thioether (sulfide) groups is 1. The highest BCUT2D eigenvalue weighted by Gasteiger charge is 2.18. The van der Waals surface area contributed by atoms with Crippen molar-refractivity contribution >= 4 is 28.3 Å². The van der Waals surface area contributed by atoms with E-state index in [1.54, 1.807) is 7.11 Å². The lowest BCUT2D eigenvalue weighted by Gasteiger charge is -2.10. The average molecular weight is 432 g/mol. The van der Waals surface area contributed by atoms with Crippen molar-refractivity contribution in [3.63, 3.8) is 0 Å². The van der Waals surface area contributed by atoms with Crippen molar-refractivity contribution < 1.29 is 9.53 Å². The highest BCUT2D eigenvalue weighted by molar-refractivity contribution is 8.00. The fourth-order valence-electron chi connectivity index (χ4n) is 3.82. The summed E-state index contributed by atoms with van der Waals surface area (Å²) in [4.78, 5) is 13.0. The first-order valence-electron chi connectivity index (χ1n) is 10.2. The van der Waals surface area contributed by atoms with Crippen LogP contribution in [0.25, 0.3) is 22.0 Å². The summed E-state index contributed by atoms with van der Waals surface area (Å²) in [6, 6.07) is 20.1. The van der Waals surface area contributed by atoms with Crippen LogP contribution in [0.3, 0.4) is 0 Å². The summed E-state index contributed by atoms with van der Waals surface area (Å²) in [5.41, 5.74) is 4.70. The molecule has 0 amide bonds. The number of Topliss-reactive ketones (excluding diaryl/α,β-unsaturated/α-hetero) is 1. The molecule has 0 saturated heterocycles. The van der Waals surface area contributed by atoms with Crippen LogP contribution in [0.15, 0.2) is 65.7 Å². The minimum absolute atomic E-state index is 0.0970. The van der Waals surface area contributed by atoms with Gasteiger partial charge in [0.2, 0.25) is 0 Å². The van der Waals surface area contributed by atoms with Gasteiger partial charge in [-0.3, -0.25) is 4.79 Å². The number of benzene rings is 2. The van der Waals surface area contributed by atoms with Crippen LogP contribution in [0.5, 0.6) is 0 Å². The van der Waals surface area contributed by atoms with E-state index < -0.39 is 0 Å². The standard InChI is InChI=1S/C25H25N3O2S/c1-17-15-22(18(2)28(17)13-14-30-3)23(29)16-31-25-21-12-8-7-11-20(21)24(26-27-25)19-9-5-4-6-10-19/h4-12,15H,13-14,16H2,1-3H3. The molecule has 0 aliphatic carbocycles. The summed E-state index contributed by atoms with van der Waals surface area (Å²) < 4.78 is 7.32. The molecule has 0 bridgehead atoms. The summed E-state index contributed by atoms with van der Waals surface area (Å²) in [6.07, 6.45) is 0. The second-order valence-corrected chi connectivity index (χ2v) is 8.37. The predicted octanol–water partition coefficient (Wildman–Crippen LogP) is 5.34. The fraction of sp³-hybridized carbons (Fsp3) is 0.240. The zero-order chi connectivity index (χ0) is 21.8. The molecule has 0 radical (unpaired) electrons. The topological polar surface area (TPSA) is 57.0 Å². The second-order valence-electron chi connectivity index (χ2n) is 7.41. The minimum atomic E-state index is 0.0970. The Balaban J connectivity index is 1.58. The van der Waals surface area contributed by atoms with Crippen LogP contribution in [0.2, 0.25) is 0 Å². The molecule has 31 heavy (non-hydrogen) atoms. The summed E-state index contributed by atoms with van der Waals surface area (Å²) >= 11 is 1.44. The van der Waals surface area contributed by atoms with Crippen molar-refractivity contribution in [3.05, 3.63) is 77.6 Å². The van der Waals surface area contributed by atoms with Crippen LogP contribution in [0.1, 0.15) is 21.7 Å². The van der Waals surface area contributed by atoms with E-state index in [-0.39, 0.29) is 5.78 Å². The smallest absolute Gasteiger partial charge is 0.174 e. The first-order chi connectivity index (χ1) is 15.1. The van der Waals surface area contributed by atoms with Gasteiger partial charge in [0.15, 0.2) is 5.78 Å². The number of rotatable bonds is 8. The van der Waals surface area contributed by atoms with E-state index in [9.17, 15) is 4.79 Å². The van der Waals surface area contributed by atoms with Gasteiger partial charge in [0.1, 0.15) is 10.7 Å². The molecule has 0 aliphatic heterocycles. The van der Waals surface area contributed by atoms with Gasteiger partial charge in [-0.2, -0.15) is 0 Å². The largest absolute Gasteiger partial charge is 0.383 e. The van der Waals surface area contributed by atoms with E-state index in [1.165, 1.54) is 11.8 Å². The van der Waals surface area contributed by atoms with Gasteiger partial charge in [0, 0.05) is 46.9 Å². The number of aryl methyl sites for hydroxylation is 1. The Morgan fingerprint density at radius 1 is 1.00 bits per heavy atom. The van der Waals surface area contributed by atoms with Gasteiger partial charge in [0.05, 0.1) is 12.4 Å². The number of nitrogens with zero attached hydrogens (tertiary/aromatic N) is 3. The Morgan fingerprint density at radius 2 is 1.71 bits per heavy atom. The molecule has 0 aliphatic rings. The van der Waals surface area contributed by atoms with Crippen LogP contribution < -0.4 is 0 Å². The van der Waals surface area contributed by atoms with E-state index in [2.05, 4.69) is 20.8 Å². The van der Waals surface area contributed by atoms with Gasteiger partial charge >= 0.3 is 0 Å². The first kappa shape index (κ1) is 21.3. The van der Waals surface area contributed by atoms with E-state index in [4.69, 9.17) is 4.74 Å². The molecular formula is C25H25N3O2S. The highest BCUT2D eigenvalue weighted by atomic mass is 32.2. The molecule has 0 unspecified atom stereocenters. The lowest BCUT2D eigenvalue weighted by molar-refractivity contribution is 0.102. The Labute approximate surface area is 186 Å². The summed E-state index contributed by atoms with van der Waals surface area (Å²) in [5, 5.41) is 11.8.